The molecule has 1 aliphatic rings. The number of amides is 1. The van der Waals surface area contributed by atoms with Gasteiger partial charge in [0.05, 0.1) is 6.04 Å². The number of hydrogen-bond acceptors (Lipinski definition) is 5. The van der Waals surface area contributed by atoms with Gasteiger partial charge in [-0.1, -0.05) is 0 Å². The van der Waals surface area contributed by atoms with Gasteiger partial charge in [0, 0.05) is 6.42 Å². The number of carbonyl (C=O) groups excluding carboxylic acids is 1. The first-order valence-corrected chi connectivity index (χ1v) is 6.84. The third kappa shape index (κ3) is 4.20. The minimum atomic E-state index is -0.191. The van der Waals surface area contributed by atoms with Crippen LogP contribution in [0.1, 0.15) is 44.5 Å². The lowest BCUT2D eigenvalue weighted by Gasteiger charge is -2.15. The van der Waals surface area contributed by atoms with Gasteiger partial charge in [-0.3, -0.25) is 9.89 Å². The molecule has 4 N–H and O–H groups in total. The molecule has 2 heterocycles. The first kappa shape index (κ1) is 13.8. The lowest BCUT2D eigenvalue weighted by atomic mass is 10.2. The summed E-state index contributed by atoms with van der Waals surface area (Å²) in [5.41, 5.74) is 5.43. The average molecular weight is 266 g/mol. The maximum atomic E-state index is 11.8. The fourth-order valence-corrected chi connectivity index (χ4v) is 2.33. The van der Waals surface area contributed by atoms with E-state index in [2.05, 4.69) is 25.4 Å². The van der Waals surface area contributed by atoms with E-state index in [1.54, 1.807) is 0 Å². The highest BCUT2D eigenvalue weighted by atomic mass is 16.1. The summed E-state index contributed by atoms with van der Waals surface area (Å²) in [5.74, 6) is 0.831. The van der Waals surface area contributed by atoms with Crippen LogP contribution < -0.4 is 11.1 Å². The number of carbonyl (C=O) groups is 1. The SMILES string of the molecule is C[C@@H](NC(=O)CCCN1CCCC1)c1nc(N)n[nH]1. The van der Waals surface area contributed by atoms with Gasteiger partial charge < -0.3 is 16.0 Å². The zero-order valence-corrected chi connectivity index (χ0v) is 11.4. The highest BCUT2D eigenvalue weighted by molar-refractivity contribution is 5.76. The molecule has 1 fully saturated rings. The van der Waals surface area contributed by atoms with E-state index in [1.807, 2.05) is 6.92 Å². The smallest absolute Gasteiger partial charge is 0.239 e. The Balaban J connectivity index is 1.66. The van der Waals surface area contributed by atoms with Crippen LogP contribution in [0.25, 0.3) is 0 Å². The van der Waals surface area contributed by atoms with E-state index in [0.717, 1.165) is 13.0 Å². The van der Waals surface area contributed by atoms with Gasteiger partial charge in [-0.25, -0.2) is 0 Å². The van der Waals surface area contributed by atoms with Gasteiger partial charge in [0.15, 0.2) is 0 Å². The molecule has 0 bridgehead atoms. The number of nitrogen functional groups attached to an aromatic ring is 1. The molecule has 1 amide bonds. The minimum absolute atomic E-state index is 0.0432. The number of nitrogens with one attached hydrogen (secondary N) is 2. The van der Waals surface area contributed by atoms with Crippen molar-refractivity contribution in [3.63, 3.8) is 0 Å². The second-order valence-corrected chi connectivity index (χ2v) is 5.02. The largest absolute Gasteiger partial charge is 0.367 e. The van der Waals surface area contributed by atoms with E-state index in [1.165, 1.54) is 25.9 Å². The molecule has 0 saturated carbocycles. The highest BCUT2D eigenvalue weighted by Gasteiger charge is 2.14. The fourth-order valence-electron chi connectivity index (χ4n) is 2.33. The maximum absolute atomic E-state index is 11.8. The molecule has 0 unspecified atom stereocenters. The number of aromatic nitrogens is 3. The van der Waals surface area contributed by atoms with Crippen molar-refractivity contribution < 1.29 is 4.79 Å². The van der Waals surface area contributed by atoms with Crippen LogP contribution in [-0.2, 0) is 4.79 Å². The number of H-pyrrole nitrogens is 1. The summed E-state index contributed by atoms with van der Waals surface area (Å²) in [7, 11) is 0. The second-order valence-electron chi connectivity index (χ2n) is 5.02. The second kappa shape index (κ2) is 6.51. The summed E-state index contributed by atoms with van der Waals surface area (Å²) in [6.45, 7) is 5.22. The standard InChI is InChI=1S/C12H22N6O/c1-9(11-15-12(13)17-16-11)14-10(19)5-4-8-18-6-2-3-7-18/h9H,2-8H2,1H3,(H,14,19)(H3,13,15,16,17)/t9-/m1/s1. The molecule has 19 heavy (non-hydrogen) atoms. The van der Waals surface area contributed by atoms with Gasteiger partial charge >= 0.3 is 0 Å². The Morgan fingerprint density at radius 2 is 2.26 bits per heavy atom. The Hall–Kier alpha value is -1.63. The molecule has 7 nitrogen and oxygen atoms in total. The molecule has 0 spiro atoms. The van der Waals surface area contributed by atoms with Gasteiger partial charge in [-0.15, -0.1) is 5.10 Å². The summed E-state index contributed by atoms with van der Waals surface area (Å²) >= 11 is 0. The molecule has 1 aromatic rings. The summed E-state index contributed by atoms with van der Waals surface area (Å²) in [6, 6.07) is -0.191. The van der Waals surface area contributed by atoms with Crippen molar-refractivity contribution in [2.45, 2.75) is 38.6 Å². The van der Waals surface area contributed by atoms with Gasteiger partial charge in [0.25, 0.3) is 0 Å². The molecule has 106 valence electrons. The first-order chi connectivity index (χ1) is 9.15. The monoisotopic (exact) mass is 266 g/mol. The van der Waals surface area contributed by atoms with E-state index >= 15 is 0 Å². The first-order valence-electron chi connectivity index (χ1n) is 6.84. The molecular formula is C12H22N6O. The number of rotatable bonds is 6. The Kier molecular flexibility index (Phi) is 4.73. The van der Waals surface area contributed by atoms with E-state index in [-0.39, 0.29) is 17.9 Å². The Bertz CT molecular complexity index is 412. The van der Waals surface area contributed by atoms with E-state index in [9.17, 15) is 4.79 Å². The van der Waals surface area contributed by atoms with Gasteiger partial charge in [-0.05, 0) is 45.8 Å². The summed E-state index contributed by atoms with van der Waals surface area (Å²) in [5, 5.41) is 9.33. The van der Waals surface area contributed by atoms with Crippen LogP contribution in [0.2, 0.25) is 0 Å². The van der Waals surface area contributed by atoms with E-state index < -0.39 is 0 Å². The lowest BCUT2D eigenvalue weighted by molar-refractivity contribution is -0.121. The molecule has 1 atom stereocenters. The summed E-state index contributed by atoms with van der Waals surface area (Å²) < 4.78 is 0. The predicted octanol–water partition coefficient (Wildman–Crippen LogP) is 0.440. The topological polar surface area (TPSA) is 99.9 Å². The molecule has 0 radical (unpaired) electrons. The normalized spacial score (nSPS) is 17.5. The van der Waals surface area contributed by atoms with Crippen molar-refractivity contribution in [3.05, 3.63) is 5.82 Å². The van der Waals surface area contributed by atoms with Crippen LogP contribution in [0.4, 0.5) is 5.95 Å². The zero-order valence-electron chi connectivity index (χ0n) is 11.4. The highest BCUT2D eigenvalue weighted by Crippen LogP contribution is 2.10. The molecule has 7 heteroatoms. The molecule has 2 rings (SSSR count). The maximum Gasteiger partial charge on any atom is 0.239 e. The zero-order chi connectivity index (χ0) is 13.7. The Morgan fingerprint density at radius 1 is 1.53 bits per heavy atom. The van der Waals surface area contributed by atoms with Gasteiger partial charge in [0.1, 0.15) is 5.82 Å². The molecule has 1 saturated heterocycles. The molecule has 0 aliphatic carbocycles. The van der Waals surface area contributed by atoms with Crippen LogP contribution in [-0.4, -0.2) is 45.6 Å². The third-order valence-electron chi connectivity index (χ3n) is 3.38. The quantitative estimate of drug-likeness (QED) is 0.693. The summed E-state index contributed by atoms with van der Waals surface area (Å²) in [4.78, 5) is 18.2. The van der Waals surface area contributed by atoms with E-state index in [4.69, 9.17) is 5.73 Å². The van der Waals surface area contributed by atoms with Crippen molar-refractivity contribution in [2.75, 3.05) is 25.4 Å². The van der Waals surface area contributed by atoms with Crippen molar-refractivity contribution in [1.82, 2.24) is 25.4 Å². The number of aromatic amines is 1. The van der Waals surface area contributed by atoms with Gasteiger partial charge in [0.2, 0.25) is 11.9 Å². The third-order valence-corrected chi connectivity index (χ3v) is 3.38. The van der Waals surface area contributed by atoms with Crippen molar-refractivity contribution in [1.29, 1.82) is 0 Å². The van der Waals surface area contributed by atoms with Crippen molar-refractivity contribution in [2.24, 2.45) is 0 Å². The predicted molar refractivity (Wildman–Crippen MR) is 72.3 cm³/mol. The molecule has 0 aromatic carbocycles. The Labute approximate surface area is 113 Å². The number of nitrogens with zero attached hydrogens (tertiary/aromatic N) is 3. The Morgan fingerprint density at radius 3 is 2.89 bits per heavy atom. The summed E-state index contributed by atoms with van der Waals surface area (Å²) in [6.07, 6.45) is 4.02. The van der Waals surface area contributed by atoms with Crippen molar-refractivity contribution >= 4 is 11.9 Å². The van der Waals surface area contributed by atoms with Crippen LogP contribution in [0.5, 0.6) is 0 Å². The number of likely N-dealkylation sites (tertiary alicyclic amines) is 1. The van der Waals surface area contributed by atoms with Crippen molar-refractivity contribution in [3.8, 4) is 0 Å². The fraction of sp³-hybridized carbons (Fsp3) is 0.750. The van der Waals surface area contributed by atoms with Crippen LogP contribution in [0.3, 0.4) is 0 Å². The molecule has 1 aromatic heterocycles. The van der Waals surface area contributed by atoms with Crippen LogP contribution >= 0.6 is 0 Å². The van der Waals surface area contributed by atoms with E-state index in [0.29, 0.717) is 12.2 Å². The minimum Gasteiger partial charge on any atom is -0.367 e. The van der Waals surface area contributed by atoms with Crippen LogP contribution in [0.15, 0.2) is 0 Å². The number of anilines is 1. The van der Waals surface area contributed by atoms with Crippen LogP contribution in [0, 0.1) is 0 Å². The number of hydrogen-bond donors (Lipinski definition) is 3. The lowest BCUT2D eigenvalue weighted by Crippen LogP contribution is -2.28. The average Bonchev–Trinajstić information content (AvgIpc) is 3.00. The van der Waals surface area contributed by atoms with Gasteiger partial charge in [-0.2, -0.15) is 4.98 Å². The molecular weight excluding hydrogens is 244 g/mol. The molecule has 1 aliphatic heterocycles. The number of nitrogens with two attached hydrogens (primary N) is 1.